The van der Waals surface area contributed by atoms with Gasteiger partial charge in [0.2, 0.25) is 0 Å². The molecule has 0 aromatic carbocycles. The van der Waals surface area contributed by atoms with Gasteiger partial charge in [-0.25, -0.2) is 0 Å². The maximum absolute atomic E-state index is 13.4. The first-order valence-corrected chi connectivity index (χ1v) is 15.2. The van der Waals surface area contributed by atoms with Crippen molar-refractivity contribution in [3.8, 4) is 0 Å². The summed E-state index contributed by atoms with van der Waals surface area (Å²) >= 11 is 0. The van der Waals surface area contributed by atoms with Gasteiger partial charge in [0.05, 0.1) is 6.42 Å². The van der Waals surface area contributed by atoms with Crippen molar-refractivity contribution >= 4 is 17.7 Å². The lowest BCUT2D eigenvalue weighted by Gasteiger charge is -2.72. The van der Waals surface area contributed by atoms with E-state index in [4.69, 9.17) is 4.74 Å². The average Bonchev–Trinajstić information content (AvgIpc) is 3.07. The summed E-state index contributed by atoms with van der Waals surface area (Å²) in [5.41, 5.74) is 2.02. The van der Waals surface area contributed by atoms with Crippen molar-refractivity contribution in [2.45, 2.75) is 126 Å². The van der Waals surface area contributed by atoms with Crippen LogP contribution in [0.15, 0.2) is 11.1 Å². The molecule has 5 aliphatic carbocycles. The molecule has 8 atom stereocenters. The van der Waals surface area contributed by atoms with Gasteiger partial charge in [-0.05, 0) is 96.9 Å². The standard InChI is InChI=1S/C33H50O5/c1-19(2)27-22(35)17-33(18-26(36)37)16-15-31(7)21(28(27)33)9-10-24-30(6)13-12-25(38-20(3)34)29(4,5)23(30)11-14-32(24,31)8/h19,21,23-25H,9-18H2,1-8H3,(H,36,37)/t21-,23+,24-,25+,30+,31-,32-,33+/m1/s1. The van der Waals surface area contributed by atoms with Crippen LogP contribution >= 0.6 is 0 Å². The molecule has 0 amide bonds. The van der Waals surface area contributed by atoms with Crippen LogP contribution in [0, 0.1) is 50.7 Å². The summed E-state index contributed by atoms with van der Waals surface area (Å²) in [4.78, 5) is 37.5. The quantitative estimate of drug-likeness (QED) is 0.387. The number of aliphatic carboxylic acids is 1. The fraction of sp³-hybridized carbons (Fsp3) is 0.848. The Labute approximate surface area is 229 Å². The Morgan fingerprint density at radius 3 is 2.21 bits per heavy atom. The Bertz CT molecular complexity index is 1080. The molecule has 212 valence electrons. The molecular formula is C33H50O5. The van der Waals surface area contributed by atoms with Gasteiger partial charge in [-0.1, -0.05) is 54.0 Å². The third-order valence-electron chi connectivity index (χ3n) is 13.3. The predicted molar refractivity (Wildman–Crippen MR) is 147 cm³/mol. The van der Waals surface area contributed by atoms with Crippen molar-refractivity contribution < 1.29 is 24.2 Å². The fourth-order valence-corrected chi connectivity index (χ4v) is 11.6. The maximum atomic E-state index is 13.4. The minimum atomic E-state index is -0.774. The summed E-state index contributed by atoms with van der Waals surface area (Å²) in [5.74, 6) is 0.738. The molecule has 0 spiro atoms. The summed E-state index contributed by atoms with van der Waals surface area (Å²) in [6, 6.07) is 0. The zero-order valence-corrected chi connectivity index (χ0v) is 25.0. The van der Waals surface area contributed by atoms with Crippen molar-refractivity contribution in [1.82, 2.24) is 0 Å². The number of ketones is 1. The van der Waals surface area contributed by atoms with Gasteiger partial charge in [0.1, 0.15) is 6.10 Å². The van der Waals surface area contributed by atoms with E-state index >= 15 is 0 Å². The first-order valence-electron chi connectivity index (χ1n) is 15.2. The number of allylic oxidation sites excluding steroid dienone is 2. The highest BCUT2D eigenvalue weighted by Gasteiger charge is 2.70. The Hall–Kier alpha value is -1.65. The summed E-state index contributed by atoms with van der Waals surface area (Å²) in [6.45, 7) is 18.0. The van der Waals surface area contributed by atoms with E-state index < -0.39 is 11.4 Å². The molecule has 5 nitrogen and oxygen atoms in total. The Morgan fingerprint density at radius 1 is 0.921 bits per heavy atom. The van der Waals surface area contributed by atoms with Crippen LogP contribution in [-0.2, 0) is 19.1 Å². The number of esters is 1. The number of fused-ring (bicyclic) bond motifs is 7. The number of Topliss-reactive ketones (excluding diaryl/α,β-unsaturated/α-hetero) is 1. The highest BCUT2D eigenvalue weighted by atomic mass is 16.5. The van der Waals surface area contributed by atoms with E-state index in [1.807, 2.05) is 0 Å². The second kappa shape index (κ2) is 8.67. The lowest BCUT2D eigenvalue weighted by atomic mass is 9.33. The van der Waals surface area contributed by atoms with Crippen LogP contribution in [0.5, 0.6) is 0 Å². The Morgan fingerprint density at radius 2 is 1.61 bits per heavy atom. The first kappa shape index (κ1) is 27.9. The molecule has 0 unspecified atom stereocenters. The zero-order valence-electron chi connectivity index (χ0n) is 25.0. The Balaban J connectivity index is 1.56. The number of carbonyl (C=O) groups excluding carboxylic acids is 2. The summed E-state index contributed by atoms with van der Waals surface area (Å²) in [7, 11) is 0. The summed E-state index contributed by atoms with van der Waals surface area (Å²) < 4.78 is 5.88. The number of carboxylic acids is 1. The van der Waals surface area contributed by atoms with Crippen LogP contribution in [0.25, 0.3) is 0 Å². The monoisotopic (exact) mass is 526 g/mol. The van der Waals surface area contributed by atoms with Gasteiger partial charge in [0, 0.05) is 24.2 Å². The molecule has 0 aromatic heterocycles. The molecule has 5 rings (SSSR count). The van der Waals surface area contributed by atoms with E-state index in [1.54, 1.807) is 0 Å². The largest absolute Gasteiger partial charge is 0.481 e. The second-order valence-electron chi connectivity index (χ2n) is 15.5. The average molecular weight is 527 g/mol. The summed E-state index contributed by atoms with van der Waals surface area (Å²) in [5, 5.41) is 9.94. The molecule has 0 bridgehead atoms. The second-order valence-corrected chi connectivity index (χ2v) is 15.5. The van der Waals surface area contributed by atoms with Crippen molar-refractivity contribution in [2.75, 3.05) is 0 Å². The van der Waals surface area contributed by atoms with Crippen LogP contribution in [0.4, 0.5) is 0 Å². The molecule has 0 aliphatic heterocycles. The van der Waals surface area contributed by atoms with Crippen molar-refractivity contribution in [1.29, 1.82) is 0 Å². The number of hydrogen-bond acceptors (Lipinski definition) is 4. The van der Waals surface area contributed by atoms with Crippen molar-refractivity contribution in [3.05, 3.63) is 11.1 Å². The minimum absolute atomic E-state index is 0.0241. The van der Waals surface area contributed by atoms with Gasteiger partial charge in [-0.2, -0.15) is 0 Å². The fourth-order valence-electron chi connectivity index (χ4n) is 11.6. The zero-order chi connectivity index (χ0) is 28.1. The number of hydrogen-bond donors (Lipinski definition) is 1. The molecular weight excluding hydrogens is 476 g/mol. The van der Waals surface area contributed by atoms with E-state index in [9.17, 15) is 19.5 Å². The van der Waals surface area contributed by atoms with Crippen LogP contribution < -0.4 is 0 Å². The lowest BCUT2D eigenvalue weighted by Crippen LogP contribution is -2.65. The summed E-state index contributed by atoms with van der Waals surface area (Å²) in [6.07, 6.45) is 8.72. The molecule has 0 aromatic rings. The van der Waals surface area contributed by atoms with Crippen LogP contribution in [0.1, 0.15) is 120 Å². The van der Waals surface area contributed by atoms with Gasteiger partial charge in [0.15, 0.2) is 5.78 Å². The third kappa shape index (κ3) is 3.58. The highest BCUT2D eigenvalue weighted by molar-refractivity contribution is 6.01. The normalized spacial score (nSPS) is 45.7. The molecule has 4 saturated carbocycles. The van der Waals surface area contributed by atoms with Gasteiger partial charge in [-0.3, -0.25) is 14.4 Å². The topological polar surface area (TPSA) is 80.7 Å². The Kier molecular flexibility index (Phi) is 6.37. The smallest absolute Gasteiger partial charge is 0.304 e. The van der Waals surface area contributed by atoms with Crippen molar-refractivity contribution in [2.24, 2.45) is 50.7 Å². The molecule has 1 N–H and O–H groups in total. The van der Waals surface area contributed by atoms with E-state index in [1.165, 1.54) is 12.5 Å². The predicted octanol–water partition coefficient (Wildman–Crippen LogP) is 7.37. The van der Waals surface area contributed by atoms with Crippen LogP contribution in [0.2, 0.25) is 0 Å². The number of ether oxygens (including phenoxy) is 1. The number of carbonyl (C=O) groups is 3. The van der Waals surface area contributed by atoms with Crippen LogP contribution in [0.3, 0.4) is 0 Å². The van der Waals surface area contributed by atoms with E-state index in [0.717, 1.165) is 56.9 Å². The van der Waals surface area contributed by atoms with Gasteiger partial charge in [-0.15, -0.1) is 0 Å². The molecule has 4 fully saturated rings. The van der Waals surface area contributed by atoms with Gasteiger partial charge in [0.25, 0.3) is 0 Å². The third-order valence-corrected chi connectivity index (χ3v) is 13.3. The molecule has 38 heavy (non-hydrogen) atoms. The first-order chi connectivity index (χ1) is 17.5. The minimum Gasteiger partial charge on any atom is -0.481 e. The highest BCUT2D eigenvalue weighted by Crippen LogP contribution is 2.77. The number of carboxylic acid groups (broad SMARTS) is 1. The van der Waals surface area contributed by atoms with E-state index in [0.29, 0.717) is 18.3 Å². The van der Waals surface area contributed by atoms with Crippen molar-refractivity contribution in [3.63, 3.8) is 0 Å². The molecule has 5 heteroatoms. The molecule has 0 heterocycles. The number of rotatable bonds is 4. The SMILES string of the molecule is CC(=O)O[C@H]1CC[C@]2(C)[C@H]3CC[C@@H]4C5=C(C(C)C)C(=O)C[C@]5(CC(=O)O)CC[C@@]4(C)[C@]3(C)CC[C@H]2C1(C)C. The maximum Gasteiger partial charge on any atom is 0.304 e. The lowest BCUT2D eigenvalue weighted by molar-refractivity contribution is -0.233. The van der Waals surface area contributed by atoms with E-state index in [-0.39, 0.29) is 57.8 Å². The van der Waals surface area contributed by atoms with Crippen LogP contribution in [-0.4, -0.2) is 28.9 Å². The molecule has 5 aliphatic rings. The van der Waals surface area contributed by atoms with Gasteiger partial charge >= 0.3 is 11.9 Å². The molecule has 0 radical (unpaired) electrons. The van der Waals surface area contributed by atoms with Gasteiger partial charge < -0.3 is 9.84 Å². The molecule has 0 saturated heterocycles. The van der Waals surface area contributed by atoms with E-state index in [2.05, 4.69) is 48.5 Å².